The van der Waals surface area contributed by atoms with Crippen molar-refractivity contribution in [1.29, 1.82) is 0 Å². The zero-order chi connectivity index (χ0) is 13.3. The van der Waals surface area contributed by atoms with E-state index < -0.39 is 9.84 Å². The summed E-state index contributed by atoms with van der Waals surface area (Å²) >= 11 is 3.36. The zero-order valence-electron chi connectivity index (χ0n) is 9.96. The number of pyridine rings is 1. The molecule has 2 aromatic heterocycles. The van der Waals surface area contributed by atoms with Crippen molar-refractivity contribution >= 4 is 25.8 Å². The standard InChI is InChI=1S/C11H12BrN3O2S/c1-8-3-9(4-12)5-13-11(8)15-7-10(6-14-15)18(2,16)17/h3,5-7H,4H2,1-2H3. The lowest BCUT2D eigenvalue weighted by Gasteiger charge is -2.05. The topological polar surface area (TPSA) is 64.8 Å². The van der Waals surface area contributed by atoms with Crippen LogP contribution in [0.3, 0.4) is 0 Å². The molecule has 7 heteroatoms. The lowest BCUT2D eigenvalue weighted by atomic mass is 10.2. The van der Waals surface area contributed by atoms with Crippen LogP contribution < -0.4 is 0 Å². The fraction of sp³-hybridized carbons (Fsp3) is 0.273. The molecule has 0 amide bonds. The minimum atomic E-state index is -3.23. The molecule has 2 heterocycles. The van der Waals surface area contributed by atoms with Gasteiger partial charge in [0.25, 0.3) is 0 Å². The summed E-state index contributed by atoms with van der Waals surface area (Å²) in [6, 6.07) is 1.99. The zero-order valence-corrected chi connectivity index (χ0v) is 12.4. The maximum Gasteiger partial charge on any atom is 0.178 e. The van der Waals surface area contributed by atoms with Gasteiger partial charge in [-0.1, -0.05) is 15.9 Å². The SMILES string of the molecule is Cc1cc(CBr)cnc1-n1cc(S(C)(=O)=O)cn1. The van der Waals surface area contributed by atoms with Crippen molar-refractivity contribution in [3.8, 4) is 5.82 Å². The molecule has 0 saturated carbocycles. The van der Waals surface area contributed by atoms with Crippen molar-refractivity contribution in [3.63, 3.8) is 0 Å². The Morgan fingerprint density at radius 2 is 2.11 bits per heavy atom. The minimum absolute atomic E-state index is 0.188. The molecule has 2 aromatic rings. The van der Waals surface area contributed by atoms with Gasteiger partial charge in [0.05, 0.1) is 12.4 Å². The molecule has 5 nitrogen and oxygen atoms in total. The van der Waals surface area contributed by atoms with Crippen molar-refractivity contribution in [2.45, 2.75) is 17.1 Å². The number of halogens is 1. The van der Waals surface area contributed by atoms with Crippen LogP contribution in [0.15, 0.2) is 29.6 Å². The minimum Gasteiger partial charge on any atom is -0.237 e. The largest absolute Gasteiger partial charge is 0.237 e. The van der Waals surface area contributed by atoms with Gasteiger partial charge in [-0.2, -0.15) is 5.10 Å². The first-order valence-electron chi connectivity index (χ1n) is 5.18. The average Bonchev–Trinajstić information content (AvgIpc) is 2.77. The molecule has 0 unspecified atom stereocenters. The number of hydrogen-bond donors (Lipinski definition) is 0. The van der Waals surface area contributed by atoms with Crippen LogP contribution >= 0.6 is 15.9 Å². The molecule has 0 bridgehead atoms. The molecule has 0 aliphatic carbocycles. The van der Waals surface area contributed by atoms with E-state index in [1.54, 1.807) is 6.20 Å². The van der Waals surface area contributed by atoms with E-state index >= 15 is 0 Å². The van der Waals surface area contributed by atoms with Crippen LogP contribution in [0, 0.1) is 6.92 Å². The Kier molecular flexibility index (Phi) is 3.54. The first kappa shape index (κ1) is 13.2. The van der Waals surface area contributed by atoms with Gasteiger partial charge in [0.1, 0.15) is 4.90 Å². The maximum absolute atomic E-state index is 11.4. The molecule has 18 heavy (non-hydrogen) atoms. The summed E-state index contributed by atoms with van der Waals surface area (Å²) < 4.78 is 24.2. The Morgan fingerprint density at radius 1 is 1.39 bits per heavy atom. The predicted octanol–water partition coefficient (Wildman–Crippen LogP) is 1.87. The third-order valence-corrected chi connectivity index (χ3v) is 4.18. The van der Waals surface area contributed by atoms with Crippen LogP contribution in [0.1, 0.15) is 11.1 Å². The summed E-state index contributed by atoms with van der Waals surface area (Å²) in [6.07, 6.45) is 5.69. The second-order valence-corrected chi connectivity index (χ2v) is 6.59. The van der Waals surface area contributed by atoms with E-state index in [2.05, 4.69) is 26.0 Å². The second-order valence-electron chi connectivity index (χ2n) is 4.01. The first-order chi connectivity index (χ1) is 8.41. The molecule has 96 valence electrons. The predicted molar refractivity (Wildman–Crippen MR) is 71.8 cm³/mol. The summed E-state index contributed by atoms with van der Waals surface area (Å²) in [7, 11) is -3.23. The number of alkyl halides is 1. The van der Waals surface area contributed by atoms with E-state index in [-0.39, 0.29) is 4.90 Å². The molecule has 0 aromatic carbocycles. The number of nitrogens with zero attached hydrogens (tertiary/aromatic N) is 3. The van der Waals surface area contributed by atoms with E-state index in [1.807, 2.05) is 13.0 Å². The summed E-state index contributed by atoms with van der Waals surface area (Å²) in [5.74, 6) is 0.634. The van der Waals surface area contributed by atoms with E-state index in [0.29, 0.717) is 5.82 Å². The van der Waals surface area contributed by atoms with Gasteiger partial charge < -0.3 is 0 Å². The molecule has 0 radical (unpaired) electrons. The fourth-order valence-electron chi connectivity index (χ4n) is 1.55. The Bertz CT molecular complexity index is 679. The molecule has 0 fully saturated rings. The highest BCUT2D eigenvalue weighted by Gasteiger charge is 2.12. The van der Waals surface area contributed by atoms with Crippen LogP contribution in [0.4, 0.5) is 0 Å². The van der Waals surface area contributed by atoms with Crippen LogP contribution in [0.5, 0.6) is 0 Å². The highest BCUT2D eigenvalue weighted by atomic mass is 79.9. The van der Waals surface area contributed by atoms with E-state index in [4.69, 9.17) is 0 Å². The van der Waals surface area contributed by atoms with Crippen LogP contribution in [0.25, 0.3) is 5.82 Å². The van der Waals surface area contributed by atoms with Gasteiger partial charge in [0, 0.05) is 17.8 Å². The van der Waals surface area contributed by atoms with Crippen LogP contribution in [0.2, 0.25) is 0 Å². The number of hydrogen-bond acceptors (Lipinski definition) is 4. The Hall–Kier alpha value is -1.21. The maximum atomic E-state index is 11.4. The quantitative estimate of drug-likeness (QED) is 0.806. The normalized spacial score (nSPS) is 11.7. The summed E-state index contributed by atoms with van der Waals surface area (Å²) in [5.41, 5.74) is 2.00. The number of aryl methyl sites for hydroxylation is 1. The van der Waals surface area contributed by atoms with Gasteiger partial charge in [-0.3, -0.25) is 0 Å². The van der Waals surface area contributed by atoms with E-state index in [0.717, 1.165) is 22.7 Å². The smallest absolute Gasteiger partial charge is 0.178 e. The van der Waals surface area contributed by atoms with Gasteiger partial charge >= 0.3 is 0 Å². The Balaban J connectivity index is 2.47. The van der Waals surface area contributed by atoms with Crippen molar-refractivity contribution in [2.75, 3.05) is 6.26 Å². The summed E-state index contributed by atoms with van der Waals surface area (Å²) in [6.45, 7) is 1.91. The molecule has 2 rings (SSSR count). The lowest BCUT2D eigenvalue weighted by molar-refractivity contribution is 0.602. The third kappa shape index (κ3) is 2.62. The number of sulfone groups is 1. The average molecular weight is 330 g/mol. The lowest BCUT2D eigenvalue weighted by Crippen LogP contribution is -2.02. The highest BCUT2D eigenvalue weighted by molar-refractivity contribution is 9.08. The second kappa shape index (κ2) is 4.81. The van der Waals surface area contributed by atoms with Gasteiger partial charge in [-0.05, 0) is 24.1 Å². The summed E-state index contributed by atoms with van der Waals surface area (Å²) in [5, 5.41) is 4.76. The van der Waals surface area contributed by atoms with Crippen LogP contribution in [-0.4, -0.2) is 29.4 Å². The van der Waals surface area contributed by atoms with Gasteiger partial charge in [-0.15, -0.1) is 0 Å². The number of aromatic nitrogens is 3. The molecule has 0 saturated heterocycles. The summed E-state index contributed by atoms with van der Waals surface area (Å²) in [4.78, 5) is 4.48. The van der Waals surface area contributed by atoms with Crippen LogP contribution in [-0.2, 0) is 15.2 Å². The molecule has 0 N–H and O–H groups in total. The van der Waals surface area contributed by atoms with Gasteiger partial charge in [0.2, 0.25) is 0 Å². The van der Waals surface area contributed by atoms with E-state index in [9.17, 15) is 8.42 Å². The van der Waals surface area contributed by atoms with Crippen molar-refractivity contribution in [2.24, 2.45) is 0 Å². The third-order valence-electron chi connectivity index (χ3n) is 2.47. The van der Waals surface area contributed by atoms with Crippen molar-refractivity contribution in [1.82, 2.24) is 14.8 Å². The Labute approximate surface area is 114 Å². The Morgan fingerprint density at radius 3 is 2.61 bits per heavy atom. The van der Waals surface area contributed by atoms with Crippen molar-refractivity contribution < 1.29 is 8.42 Å². The molecule has 0 atom stereocenters. The molecule has 0 spiro atoms. The molecular formula is C11H12BrN3O2S. The molecular weight excluding hydrogens is 318 g/mol. The fourth-order valence-corrected chi connectivity index (χ4v) is 2.39. The monoisotopic (exact) mass is 329 g/mol. The van der Waals surface area contributed by atoms with Gasteiger partial charge in [0.15, 0.2) is 15.7 Å². The van der Waals surface area contributed by atoms with Crippen molar-refractivity contribution in [3.05, 3.63) is 35.8 Å². The molecule has 0 aliphatic heterocycles. The van der Waals surface area contributed by atoms with Gasteiger partial charge in [-0.25, -0.2) is 18.1 Å². The molecule has 0 aliphatic rings. The van der Waals surface area contributed by atoms with E-state index in [1.165, 1.54) is 17.1 Å². The highest BCUT2D eigenvalue weighted by Crippen LogP contribution is 2.16. The number of rotatable bonds is 3. The first-order valence-corrected chi connectivity index (χ1v) is 8.19.